The lowest BCUT2D eigenvalue weighted by Gasteiger charge is -2.29. The summed E-state index contributed by atoms with van der Waals surface area (Å²) >= 11 is 0. The Balaban J connectivity index is 1.43. The van der Waals surface area contributed by atoms with Crippen molar-refractivity contribution in [3.63, 3.8) is 0 Å². The van der Waals surface area contributed by atoms with Gasteiger partial charge in [-0.1, -0.05) is 42.5 Å². The number of ether oxygens (including phenoxy) is 1. The monoisotopic (exact) mass is 424 g/mol. The quantitative estimate of drug-likeness (QED) is 0.517. The van der Waals surface area contributed by atoms with Crippen molar-refractivity contribution >= 4 is 28.3 Å². The summed E-state index contributed by atoms with van der Waals surface area (Å²) in [4.78, 5) is 24.1. The van der Waals surface area contributed by atoms with Crippen LogP contribution in [0, 0.1) is 0 Å². The van der Waals surface area contributed by atoms with Crippen molar-refractivity contribution in [3.8, 4) is 11.3 Å². The fourth-order valence-corrected chi connectivity index (χ4v) is 3.99. The second-order valence-electron chi connectivity index (χ2n) is 7.78. The molecule has 1 amide bonds. The number of para-hydroxylation sites is 1. The van der Waals surface area contributed by atoms with Gasteiger partial charge in [0.2, 0.25) is 5.91 Å². The number of pyridine rings is 2. The van der Waals surface area contributed by atoms with Crippen molar-refractivity contribution in [2.45, 2.75) is 6.42 Å². The first-order valence-electron chi connectivity index (χ1n) is 10.8. The molecule has 1 fully saturated rings. The molecule has 1 saturated heterocycles. The SMILES string of the molecule is O=C(Cc1cccc2ccc(-c3cccc(N4CCOCC4)c3)nc12)Nc1ccccn1. The van der Waals surface area contributed by atoms with Gasteiger partial charge < -0.3 is 15.0 Å². The number of amides is 1. The Hall–Kier alpha value is -3.77. The zero-order valence-corrected chi connectivity index (χ0v) is 17.7. The van der Waals surface area contributed by atoms with E-state index in [4.69, 9.17) is 9.72 Å². The van der Waals surface area contributed by atoms with E-state index in [1.807, 2.05) is 36.4 Å². The molecule has 2 aromatic heterocycles. The minimum Gasteiger partial charge on any atom is -0.378 e. The van der Waals surface area contributed by atoms with Gasteiger partial charge in [-0.3, -0.25) is 4.79 Å². The summed E-state index contributed by atoms with van der Waals surface area (Å²) < 4.78 is 5.48. The van der Waals surface area contributed by atoms with Gasteiger partial charge in [0, 0.05) is 35.9 Å². The van der Waals surface area contributed by atoms with Gasteiger partial charge in [-0.15, -0.1) is 0 Å². The molecule has 0 spiro atoms. The third-order valence-electron chi connectivity index (χ3n) is 5.61. The minimum absolute atomic E-state index is 0.113. The molecule has 0 unspecified atom stereocenters. The van der Waals surface area contributed by atoms with Crippen LogP contribution >= 0.6 is 0 Å². The molecule has 0 atom stereocenters. The number of hydrogen-bond acceptors (Lipinski definition) is 5. The Morgan fingerprint density at radius 1 is 0.969 bits per heavy atom. The van der Waals surface area contributed by atoms with Gasteiger partial charge in [-0.25, -0.2) is 9.97 Å². The maximum atomic E-state index is 12.6. The number of nitrogens with one attached hydrogen (secondary N) is 1. The van der Waals surface area contributed by atoms with Gasteiger partial charge in [0.15, 0.2) is 0 Å². The van der Waals surface area contributed by atoms with Crippen molar-refractivity contribution in [2.24, 2.45) is 0 Å². The Labute approximate surface area is 186 Å². The number of benzene rings is 2. The number of hydrogen-bond donors (Lipinski definition) is 1. The number of morpholine rings is 1. The van der Waals surface area contributed by atoms with E-state index in [0.29, 0.717) is 5.82 Å². The van der Waals surface area contributed by atoms with Crippen molar-refractivity contribution in [1.29, 1.82) is 0 Å². The highest BCUT2D eigenvalue weighted by molar-refractivity contribution is 5.95. The van der Waals surface area contributed by atoms with Crippen molar-refractivity contribution < 1.29 is 9.53 Å². The molecular formula is C26H24N4O2. The predicted octanol–water partition coefficient (Wildman–Crippen LogP) is 4.31. The maximum absolute atomic E-state index is 12.6. The van der Waals surface area contributed by atoms with Crippen LogP contribution in [0.15, 0.2) is 79.0 Å². The molecule has 32 heavy (non-hydrogen) atoms. The first-order chi connectivity index (χ1) is 15.8. The van der Waals surface area contributed by atoms with Gasteiger partial charge in [-0.05, 0) is 35.9 Å². The van der Waals surface area contributed by atoms with Crippen LogP contribution in [0.25, 0.3) is 22.2 Å². The number of carbonyl (C=O) groups is 1. The number of fused-ring (bicyclic) bond motifs is 1. The standard InChI is InChI=1S/C26H24N4O2/c31-25(29-24-9-1-2-12-27-24)18-21-7-3-5-19-10-11-23(28-26(19)21)20-6-4-8-22(17-20)30-13-15-32-16-14-30/h1-12,17H,13-16,18H2,(H,27,29,31). The van der Waals surface area contributed by atoms with E-state index < -0.39 is 0 Å². The van der Waals surface area contributed by atoms with E-state index in [1.165, 1.54) is 5.69 Å². The van der Waals surface area contributed by atoms with Gasteiger partial charge in [0.05, 0.1) is 30.8 Å². The zero-order chi connectivity index (χ0) is 21.8. The Bertz CT molecular complexity index is 1240. The third kappa shape index (κ3) is 4.45. The molecule has 1 aliphatic heterocycles. The second kappa shape index (κ2) is 9.16. The lowest BCUT2D eigenvalue weighted by Crippen LogP contribution is -2.36. The van der Waals surface area contributed by atoms with Crippen LogP contribution in [0.3, 0.4) is 0 Å². The number of nitrogens with zero attached hydrogens (tertiary/aromatic N) is 3. The zero-order valence-electron chi connectivity index (χ0n) is 17.7. The van der Waals surface area contributed by atoms with Crippen molar-refractivity contribution in [2.75, 3.05) is 36.5 Å². The van der Waals surface area contributed by atoms with Gasteiger partial charge in [0.1, 0.15) is 5.82 Å². The molecule has 5 rings (SSSR count). The molecule has 1 aliphatic rings. The van der Waals surface area contributed by atoms with Crippen LogP contribution in [0.4, 0.5) is 11.5 Å². The molecule has 160 valence electrons. The van der Waals surface area contributed by atoms with Crippen LogP contribution < -0.4 is 10.2 Å². The van der Waals surface area contributed by atoms with Crippen LogP contribution in [0.5, 0.6) is 0 Å². The summed E-state index contributed by atoms with van der Waals surface area (Å²) in [7, 11) is 0. The fourth-order valence-electron chi connectivity index (χ4n) is 3.99. The predicted molar refractivity (Wildman–Crippen MR) is 127 cm³/mol. The summed E-state index contributed by atoms with van der Waals surface area (Å²) in [6, 6.07) is 23.9. The van der Waals surface area contributed by atoms with E-state index in [9.17, 15) is 4.79 Å². The lowest BCUT2D eigenvalue weighted by atomic mass is 10.0. The van der Waals surface area contributed by atoms with Gasteiger partial charge in [-0.2, -0.15) is 0 Å². The summed E-state index contributed by atoms with van der Waals surface area (Å²) in [5.41, 5.74) is 4.87. The third-order valence-corrected chi connectivity index (χ3v) is 5.61. The van der Waals surface area contributed by atoms with E-state index in [2.05, 4.69) is 45.5 Å². The normalized spacial score (nSPS) is 13.8. The number of anilines is 2. The molecule has 0 saturated carbocycles. The lowest BCUT2D eigenvalue weighted by molar-refractivity contribution is -0.115. The summed E-state index contributed by atoms with van der Waals surface area (Å²) in [6.45, 7) is 3.29. The van der Waals surface area contributed by atoms with E-state index in [1.54, 1.807) is 12.3 Å². The van der Waals surface area contributed by atoms with E-state index in [-0.39, 0.29) is 12.3 Å². The summed E-state index contributed by atoms with van der Waals surface area (Å²) in [5.74, 6) is 0.434. The number of carbonyl (C=O) groups excluding carboxylic acids is 1. The van der Waals surface area contributed by atoms with Crippen LogP contribution in [-0.2, 0) is 16.0 Å². The van der Waals surface area contributed by atoms with E-state index in [0.717, 1.165) is 54.0 Å². The summed E-state index contributed by atoms with van der Waals surface area (Å²) in [6.07, 6.45) is 1.89. The van der Waals surface area contributed by atoms with Crippen LogP contribution in [-0.4, -0.2) is 42.2 Å². The molecule has 1 N–H and O–H groups in total. The van der Waals surface area contributed by atoms with Gasteiger partial charge >= 0.3 is 0 Å². The van der Waals surface area contributed by atoms with E-state index >= 15 is 0 Å². The first-order valence-corrected chi connectivity index (χ1v) is 10.8. The second-order valence-corrected chi connectivity index (χ2v) is 7.78. The first kappa shape index (κ1) is 20.2. The Kier molecular flexibility index (Phi) is 5.77. The van der Waals surface area contributed by atoms with Gasteiger partial charge in [0.25, 0.3) is 0 Å². The minimum atomic E-state index is -0.113. The highest BCUT2D eigenvalue weighted by Crippen LogP contribution is 2.27. The average molecular weight is 425 g/mol. The Morgan fingerprint density at radius 2 is 1.84 bits per heavy atom. The van der Waals surface area contributed by atoms with Crippen molar-refractivity contribution in [3.05, 3.63) is 84.6 Å². The van der Waals surface area contributed by atoms with Crippen LogP contribution in [0.1, 0.15) is 5.56 Å². The van der Waals surface area contributed by atoms with Crippen LogP contribution in [0.2, 0.25) is 0 Å². The molecule has 4 aromatic rings. The molecule has 6 nitrogen and oxygen atoms in total. The smallest absolute Gasteiger partial charge is 0.230 e. The number of rotatable bonds is 5. The molecule has 3 heterocycles. The molecular weight excluding hydrogens is 400 g/mol. The largest absolute Gasteiger partial charge is 0.378 e. The molecule has 6 heteroatoms. The maximum Gasteiger partial charge on any atom is 0.230 e. The number of aromatic nitrogens is 2. The fraction of sp³-hybridized carbons (Fsp3) is 0.192. The molecule has 0 radical (unpaired) electrons. The summed E-state index contributed by atoms with van der Waals surface area (Å²) in [5, 5.41) is 3.87. The molecule has 0 bridgehead atoms. The topological polar surface area (TPSA) is 67.4 Å². The highest BCUT2D eigenvalue weighted by atomic mass is 16.5. The average Bonchev–Trinajstić information content (AvgIpc) is 2.85. The molecule has 2 aromatic carbocycles. The molecule has 0 aliphatic carbocycles. The Morgan fingerprint density at radius 3 is 2.69 bits per heavy atom. The van der Waals surface area contributed by atoms with Crippen molar-refractivity contribution in [1.82, 2.24) is 9.97 Å². The highest BCUT2D eigenvalue weighted by Gasteiger charge is 2.13.